The lowest BCUT2D eigenvalue weighted by Crippen LogP contribution is -2.12. The van der Waals surface area contributed by atoms with Crippen molar-refractivity contribution in [3.63, 3.8) is 0 Å². The highest BCUT2D eigenvalue weighted by molar-refractivity contribution is 6.35. The Balaban J connectivity index is 1.75. The van der Waals surface area contributed by atoms with Crippen molar-refractivity contribution in [2.24, 2.45) is 0 Å². The fourth-order valence-corrected chi connectivity index (χ4v) is 2.62. The first-order chi connectivity index (χ1) is 12.0. The van der Waals surface area contributed by atoms with Gasteiger partial charge in [-0.2, -0.15) is 0 Å². The molecule has 0 N–H and O–H groups in total. The minimum absolute atomic E-state index is 0.331. The molecule has 0 aliphatic carbocycles. The fraction of sp³-hybridized carbons (Fsp3) is 0.167. The van der Waals surface area contributed by atoms with Crippen LogP contribution in [0.15, 0.2) is 49.1 Å². The molecule has 0 atom stereocenters. The van der Waals surface area contributed by atoms with Crippen molar-refractivity contribution in [3.8, 4) is 16.9 Å². The van der Waals surface area contributed by atoms with Gasteiger partial charge < -0.3 is 9.64 Å². The quantitative estimate of drug-likeness (QED) is 0.658. The number of aromatic nitrogens is 3. The van der Waals surface area contributed by atoms with Gasteiger partial charge in [0.05, 0.1) is 6.20 Å². The number of halogens is 2. The van der Waals surface area contributed by atoms with Gasteiger partial charge in [-0.3, -0.25) is 4.98 Å². The molecule has 0 saturated heterocycles. The van der Waals surface area contributed by atoms with Crippen molar-refractivity contribution in [2.75, 3.05) is 19.0 Å². The van der Waals surface area contributed by atoms with E-state index in [9.17, 15) is 0 Å². The van der Waals surface area contributed by atoms with E-state index in [-0.39, 0.29) is 0 Å². The van der Waals surface area contributed by atoms with E-state index >= 15 is 0 Å². The molecule has 0 amide bonds. The molecule has 0 bridgehead atoms. The van der Waals surface area contributed by atoms with Crippen LogP contribution in [0.2, 0.25) is 10.0 Å². The summed E-state index contributed by atoms with van der Waals surface area (Å²) in [7, 11) is 3.79. The third-order valence-corrected chi connectivity index (χ3v) is 4.08. The summed E-state index contributed by atoms with van der Waals surface area (Å²) >= 11 is 12.1. The summed E-state index contributed by atoms with van der Waals surface area (Å²) in [5.41, 5.74) is 2.60. The zero-order valence-corrected chi connectivity index (χ0v) is 15.3. The van der Waals surface area contributed by atoms with E-state index in [1.165, 1.54) is 0 Å². The van der Waals surface area contributed by atoms with E-state index in [0.717, 1.165) is 16.7 Å². The van der Waals surface area contributed by atoms with Crippen LogP contribution in [-0.2, 0) is 6.61 Å². The minimum Gasteiger partial charge on any atom is -0.487 e. The molecule has 0 spiro atoms. The predicted octanol–water partition coefficient (Wildman–Crippen LogP) is 4.49. The average Bonchev–Trinajstić information content (AvgIpc) is 2.61. The Bertz CT molecular complexity index is 869. The van der Waals surface area contributed by atoms with E-state index in [0.29, 0.717) is 28.3 Å². The Morgan fingerprint density at radius 1 is 0.960 bits per heavy atom. The Morgan fingerprint density at radius 3 is 2.40 bits per heavy atom. The molecule has 25 heavy (non-hydrogen) atoms. The highest BCUT2D eigenvalue weighted by Gasteiger charge is 2.06. The van der Waals surface area contributed by atoms with Crippen molar-refractivity contribution in [2.45, 2.75) is 6.61 Å². The second-order valence-corrected chi connectivity index (χ2v) is 6.44. The van der Waals surface area contributed by atoms with Gasteiger partial charge in [-0.25, -0.2) is 9.97 Å². The maximum atomic E-state index is 6.16. The van der Waals surface area contributed by atoms with Crippen LogP contribution in [0.25, 0.3) is 11.1 Å². The summed E-state index contributed by atoms with van der Waals surface area (Å²) in [6, 6.07) is 7.21. The highest BCUT2D eigenvalue weighted by atomic mass is 35.5. The van der Waals surface area contributed by atoms with Gasteiger partial charge in [0.15, 0.2) is 0 Å². The van der Waals surface area contributed by atoms with Gasteiger partial charge >= 0.3 is 0 Å². The molecule has 2 heterocycles. The van der Waals surface area contributed by atoms with E-state index in [4.69, 9.17) is 27.9 Å². The number of ether oxygens (including phenoxy) is 1. The summed E-state index contributed by atoms with van der Waals surface area (Å²) in [6.45, 7) is 0.331. The molecule has 3 rings (SSSR count). The monoisotopic (exact) mass is 374 g/mol. The Hall–Kier alpha value is -2.37. The molecule has 0 fully saturated rings. The van der Waals surface area contributed by atoms with Crippen LogP contribution < -0.4 is 9.64 Å². The van der Waals surface area contributed by atoms with E-state index in [1.54, 1.807) is 36.9 Å². The van der Waals surface area contributed by atoms with Crippen molar-refractivity contribution >= 4 is 29.2 Å². The summed E-state index contributed by atoms with van der Waals surface area (Å²) in [4.78, 5) is 14.7. The smallest absolute Gasteiger partial charge is 0.224 e. The first-order valence-electron chi connectivity index (χ1n) is 7.54. The maximum absolute atomic E-state index is 6.16. The molecule has 0 aliphatic rings. The zero-order chi connectivity index (χ0) is 17.8. The molecule has 7 heteroatoms. The Morgan fingerprint density at radius 2 is 1.72 bits per heavy atom. The highest BCUT2D eigenvalue weighted by Crippen LogP contribution is 2.25. The van der Waals surface area contributed by atoms with Gasteiger partial charge in [0, 0.05) is 59.4 Å². The molecule has 0 unspecified atom stereocenters. The van der Waals surface area contributed by atoms with Gasteiger partial charge in [0.25, 0.3) is 0 Å². The van der Waals surface area contributed by atoms with Gasteiger partial charge in [0.2, 0.25) is 5.95 Å². The van der Waals surface area contributed by atoms with Gasteiger partial charge in [-0.05, 0) is 18.2 Å². The van der Waals surface area contributed by atoms with E-state index < -0.39 is 0 Å². The summed E-state index contributed by atoms with van der Waals surface area (Å²) < 4.78 is 5.80. The molecule has 3 aromatic rings. The topological polar surface area (TPSA) is 51.1 Å². The number of nitrogens with zero attached hydrogens (tertiary/aromatic N) is 4. The van der Waals surface area contributed by atoms with E-state index in [2.05, 4.69) is 15.0 Å². The summed E-state index contributed by atoms with van der Waals surface area (Å²) in [5, 5.41) is 1.17. The number of anilines is 1. The second-order valence-electron chi connectivity index (χ2n) is 5.60. The van der Waals surface area contributed by atoms with E-state index in [1.807, 2.05) is 31.1 Å². The van der Waals surface area contributed by atoms with Crippen molar-refractivity contribution in [3.05, 3.63) is 64.7 Å². The number of hydrogen-bond acceptors (Lipinski definition) is 5. The standard InChI is InChI=1S/C18H16Cl2N4O/c1-24(2)18-22-8-14(9-23-18)13-5-16(10-21-7-13)25-11-12-3-4-15(19)6-17(12)20/h3-10H,11H2,1-2H3. The molecular weight excluding hydrogens is 359 g/mol. The first-order valence-corrected chi connectivity index (χ1v) is 8.30. The van der Waals surface area contributed by atoms with Crippen molar-refractivity contribution in [1.82, 2.24) is 15.0 Å². The third kappa shape index (κ3) is 4.38. The largest absolute Gasteiger partial charge is 0.487 e. The Kier molecular flexibility index (Phi) is 5.36. The number of benzene rings is 1. The van der Waals surface area contributed by atoms with Crippen molar-refractivity contribution in [1.29, 1.82) is 0 Å². The molecular formula is C18H16Cl2N4O. The molecule has 5 nitrogen and oxygen atoms in total. The lowest BCUT2D eigenvalue weighted by atomic mass is 10.1. The fourth-order valence-electron chi connectivity index (χ4n) is 2.16. The van der Waals surface area contributed by atoms with Gasteiger partial charge in [-0.1, -0.05) is 29.3 Å². The normalized spacial score (nSPS) is 10.6. The second kappa shape index (κ2) is 7.68. The lowest BCUT2D eigenvalue weighted by molar-refractivity contribution is 0.305. The van der Waals surface area contributed by atoms with Crippen LogP contribution in [0, 0.1) is 0 Å². The van der Waals surface area contributed by atoms with Gasteiger partial charge in [0.1, 0.15) is 12.4 Å². The number of rotatable bonds is 5. The van der Waals surface area contributed by atoms with Crippen molar-refractivity contribution < 1.29 is 4.74 Å². The zero-order valence-electron chi connectivity index (χ0n) is 13.8. The van der Waals surface area contributed by atoms with Crippen LogP contribution in [0.3, 0.4) is 0 Å². The maximum Gasteiger partial charge on any atom is 0.224 e. The van der Waals surface area contributed by atoms with Crippen LogP contribution >= 0.6 is 23.2 Å². The average molecular weight is 375 g/mol. The summed E-state index contributed by atoms with van der Waals surface area (Å²) in [6.07, 6.45) is 6.93. The number of hydrogen-bond donors (Lipinski definition) is 0. The molecule has 1 aromatic carbocycles. The molecule has 0 aliphatic heterocycles. The third-order valence-electron chi connectivity index (χ3n) is 3.49. The minimum atomic E-state index is 0.331. The molecule has 2 aromatic heterocycles. The van der Waals surface area contributed by atoms with Crippen LogP contribution in [0.4, 0.5) is 5.95 Å². The first kappa shape index (κ1) is 17.5. The molecule has 0 radical (unpaired) electrons. The predicted molar refractivity (Wildman–Crippen MR) is 100 cm³/mol. The SMILES string of the molecule is CN(C)c1ncc(-c2cncc(OCc3ccc(Cl)cc3Cl)c2)cn1. The van der Waals surface area contributed by atoms with Crippen LogP contribution in [0.1, 0.15) is 5.56 Å². The van der Waals surface area contributed by atoms with Crippen LogP contribution in [0.5, 0.6) is 5.75 Å². The number of pyridine rings is 1. The van der Waals surface area contributed by atoms with Crippen LogP contribution in [-0.4, -0.2) is 29.0 Å². The lowest BCUT2D eigenvalue weighted by Gasteiger charge is -2.11. The van der Waals surface area contributed by atoms with Gasteiger partial charge in [-0.15, -0.1) is 0 Å². The molecule has 0 saturated carbocycles. The molecule has 128 valence electrons. The summed E-state index contributed by atoms with van der Waals surface area (Å²) in [5.74, 6) is 1.29. The Labute approximate surface area is 156 Å².